The largest absolute Gasteiger partial charge is 0.337 e. The maximum Gasteiger partial charge on any atom is 0.273 e. The van der Waals surface area contributed by atoms with E-state index in [2.05, 4.69) is 10.3 Å². The topological polar surface area (TPSA) is 45.2 Å². The van der Waals surface area contributed by atoms with E-state index in [4.69, 9.17) is 0 Å². The lowest BCUT2D eigenvalue weighted by atomic mass is 10.1. The molecule has 1 saturated heterocycles. The molecule has 1 atom stereocenters. The van der Waals surface area contributed by atoms with Crippen molar-refractivity contribution in [1.29, 1.82) is 0 Å². The number of amides is 1. The molecule has 1 aliphatic heterocycles. The van der Waals surface area contributed by atoms with E-state index in [1.165, 1.54) is 11.3 Å². The highest BCUT2D eigenvalue weighted by atomic mass is 32.1. The lowest BCUT2D eigenvalue weighted by Gasteiger charge is -2.15. The van der Waals surface area contributed by atoms with Crippen LogP contribution in [0.3, 0.4) is 0 Å². The fourth-order valence-electron chi connectivity index (χ4n) is 2.72. The lowest BCUT2D eigenvalue weighted by molar-refractivity contribution is 0.0782. The van der Waals surface area contributed by atoms with Gasteiger partial charge in [0.1, 0.15) is 10.7 Å². The fraction of sp³-hybridized carbons (Fsp3) is 0.375. The first-order chi connectivity index (χ1) is 10.3. The third-order valence-corrected chi connectivity index (χ3v) is 4.70. The SMILES string of the molecule is CNCC1CCN(C(=O)c2csc(-c3ccccc3)n2)C1. The van der Waals surface area contributed by atoms with Crippen molar-refractivity contribution in [3.05, 3.63) is 41.4 Å². The molecule has 1 amide bonds. The molecule has 0 saturated carbocycles. The highest BCUT2D eigenvalue weighted by Gasteiger charge is 2.27. The first kappa shape index (κ1) is 14.2. The van der Waals surface area contributed by atoms with Crippen molar-refractivity contribution in [3.63, 3.8) is 0 Å². The number of carbonyl (C=O) groups is 1. The maximum atomic E-state index is 12.5. The second-order valence-electron chi connectivity index (χ2n) is 5.37. The van der Waals surface area contributed by atoms with E-state index in [-0.39, 0.29) is 5.91 Å². The Bertz CT molecular complexity index is 611. The average molecular weight is 301 g/mol. The number of rotatable bonds is 4. The molecule has 0 radical (unpaired) electrons. The van der Waals surface area contributed by atoms with Crippen LogP contribution in [0, 0.1) is 5.92 Å². The summed E-state index contributed by atoms with van der Waals surface area (Å²) in [6.45, 7) is 2.64. The Morgan fingerprint density at radius 1 is 1.43 bits per heavy atom. The molecule has 0 spiro atoms. The van der Waals surface area contributed by atoms with E-state index in [0.29, 0.717) is 11.6 Å². The Hall–Kier alpha value is -1.72. The van der Waals surface area contributed by atoms with E-state index in [0.717, 1.165) is 36.6 Å². The summed E-state index contributed by atoms with van der Waals surface area (Å²) >= 11 is 1.53. The number of nitrogens with one attached hydrogen (secondary N) is 1. The van der Waals surface area contributed by atoms with Gasteiger partial charge in [0, 0.05) is 24.0 Å². The molecule has 1 N–H and O–H groups in total. The number of likely N-dealkylation sites (tertiary alicyclic amines) is 1. The van der Waals surface area contributed by atoms with E-state index >= 15 is 0 Å². The minimum atomic E-state index is 0.0621. The van der Waals surface area contributed by atoms with Gasteiger partial charge in [0.25, 0.3) is 5.91 Å². The first-order valence-electron chi connectivity index (χ1n) is 7.22. The zero-order valence-corrected chi connectivity index (χ0v) is 12.9. The van der Waals surface area contributed by atoms with Gasteiger partial charge >= 0.3 is 0 Å². The molecule has 2 aromatic rings. The second kappa shape index (κ2) is 6.37. The third-order valence-electron chi connectivity index (χ3n) is 3.81. The van der Waals surface area contributed by atoms with Crippen molar-refractivity contribution in [2.24, 2.45) is 5.92 Å². The summed E-state index contributed by atoms with van der Waals surface area (Å²) in [6, 6.07) is 10.00. The van der Waals surface area contributed by atoms with Crippen LogP contribution in [0.15, 0.2) is 35.7 Å². The number of benzene rings is 1. The Morgan fingerprint density at radius 2 is 2.24 bits per heavy atom. The van der Waals surface area contributed by atoms with Crippen LogP contribution in [0.4, 0.5) is 0 Å². The summed E-state index contributed by atoms with van der Waals surface area (Å²) in [6.07, 6.45) is 1.07. The molecular formula is C16H19N3OS. The summed E-state index contributed by atoms with van der Waals surface area (Å²) in [5.41, 5.74) is 1.64. The standard InChI is InChI=1S/C16H19N3OS/c1-17-9-12-7-8-19(10-12)16(20)14-11-21-15(18-14)13-5-3-2-4-6-13/h2-6,11-12,17H,7-10H2,1H3. The van der Waals surface area contributed by atoms with Gasteiger partial charge < -0.3 is 10.2 Å². The molecule has 4 nitrogen and oxygen atoms in total. The molecule has 1 aliphatic rings. The first-order valence-corrected chi connectivity index (χ1v) is 8.10. The molecule has 1 aromatic heterocycles. The van der Waals surface area contributed by atoms with Crippen molar-refractivity contribution in [2.45, 2.75) is 6.42 Å². The number of hydrogen-bond donors (Lipinski definition) is 1. The van der Waals surface area contributed by atoms with E-state index < -0.39 is 0 Å². The van der Waals surface area contributed by atoms with Crippen molar-refractivity contribution < 1.29 is 4.79 Å². The number of thiazole rings is 1. The Labute approximate surface area is 128 Å². The van der Waals surface area contributed by atoms with Gasteiger partial charge in [0.15, 0.2) is 0 Å². The molecule has 1 aromatic carbocycles. The van der Waals surface area contributed by atoms with Gasteiger partial charge in [-0.15, -0.1) is 11.3 Å². The van der Waals surface area contributed by atoms with Crippen LogP contribution >= 0.6 is 11.3 Å². The van der Waals surface area contributed by atoms with Gasteiger partial charge in [-0.1, -0.05) is 30.3 Å². The van der Waals surface area contributed by atoms with Crippen molar-refractivity contribution >= 4 is 17.2 Å². The Kier molecular flexibility index (Phi) is 4.31. The van der Waals surface area contributed by atoms with Gasteiger partial charge in [-0.3, -0.25) is 4.79 Å². The molecule has 110 valence electrons. The minimum Gasteiger partial charge on any atom is -0.337 e. The smallest absolute Gasteiger partial charge is 0.273 e. The molecule has 0 bridgehead atoms. The molecule has 1 unspecified atom stereocenters. The Morgan fingerprint density at radius 3 is 3.00 bits per heavy atom. The van der Waals surface area contributed by atoms with Gasteiger partial charge in [-0.2, -0.15) is 0 Å². The zero-order valence-electron chi connectivity index (χ0n) is 12.1. The van der Waals surface area contributed by atoms with Crippen molar-refractivity contribution in [1.82, 2.24) is 15.2 Å². The number of carbonyl (C=O) groups excluding carboxylic acids is 1. The second-order valence-corrected chi connectivity index (χ2v) is 6.23. The fourth-order valence-corrected chi connectivity index (χ4v) is 3.52. The normalized spacial score (nSPS) is 18.1. The Balaban J connectivity index is 1.70. The number of nitrogens with zero attached hydrogens (tertiary/aromatic N) is 2. The molecule has 2 heterocycles. The van der Waals surface area contributed by atoms with Crippen LogP contribution in [0.1, 0.15) is 16.9 Å². The summed E-state index contributed by atoms with van der Waals surface area (Å²) in [7, 11) is 1.96. The van der Waals surface area contributed by atoms with Crippen LogP contribution in [0.5, 0.6) is 0 Å². The minimum absolute atomic E-state index is 0.0621. The van der Waals surface area contributed by atoms with Crippen LogP contribution in [-0.2, 0) is 0 Å². The highest BCUT2D eigenvalue weighted by Crippen LogP contribution is 2.25. The molecule has 5 heteroatoms. The third kappa shape index (κ3) is 3.14. The van der Waals surface area contributed by atoms with Crippen molar-refractivity contribution in [3.8, 4) is 10.6 Å². The predicted octanol–water partition coefficient (Wildman–Crippen LogP) is 2.49. The van der Waals surface area contributed by atoms with E-state index in [9.17, 15) is 4.79 Å². The summed E-state index contributed by atoms with van der Waals surface area (Å²) in [5.74, 6) is 0.623. The highest BCUT2D eigenvalue weighted by molar-refractivity contribution is 7.13. The number of aromatic nitrogens is 1. The zero-order chi connectivity index (χ0) is 14.7. The molecule has 1 fully saturated rings. The molecular weight excluding hydrogens is 282 g/mol. The van der Waals surface area contributed by atoms with Crippen LogP contribution < -0.4 is 5.32 Å². The molecule has 3 rings (SSSR count). The molecule has 21 heavy (non-hydrogen) atoms. The van der Waals surface area contributed by atoms with E-state index in [1.807, 2.05) is 47.7 Å². The quantitative estimate of drug-likeness (QED) is 0.943. The van der Waals surface area contributed by atoms with Gasteiger partial charge in [0.05, 0.1) is 0 Å². The summed E-state index contributed by atoms with van der Waals surface area (Å²) in [5, 5.41) is 5.96. The van der Waals surface area contributed by atoms with Gasteiger partial charge in [-0.25, -0.2) is 4.98 Å². The van der Waals surface area contributed by atoms with E-state index in [1.54, 1.807) is 0 Å². The lowest BCUT2D eigenvalue weighted by Crippen LogP contribution is -2.30. The van der Waals surface area contributed by atoms with Crippen molar-refractivity contribution in [2.75, 3.05) is 26.7 Å². The van der Waals surface area contributed by atoms with Crippen LogP contribution in [0.25, 0.3) is 10.6 Å². The van der Waals surface area contributed by atoms with Crippen LogP contribution in [-0.4, -0.2) is 42.5 Å². The average Bonchev–Trinajstić information content (AvgIpc) is 3.17. The number of hydrogen-bond acceptors (Lipinski definition) is 4. The van der Waals surface area contributed by atoms with Gasteiger partial charge in [0.2, 0.25) is 0 Å². The molecule has 0 aliphatic carbocycles. The summed E-state index contributed by atoms with van der Waals surface area (Å²) in [4.78, 5) is 18.9. The predicted molar refractivity (Wildman–Crippen MR) is 85.5 cm³/mol. The van der Waals surface area contributed by atoms with Gasteiger partial charge in [-0.05, 0) is 25.9 Å². The maximum absolute atomic E-state index is 12.5. The summed E-state index contributed by atoms with van der Waals surface area (Å²) < 4.78 is 0. The monoisotopic (exact) mass is 301 g/mol. The van der Waals surface area contributed by atoms with Crippen LogP contribution in [0.2, 0.25) is 0 Å².